The molecule has 26 heavy (non-hydrogen) atoms. The summed E-state index contributed by atoms with van der Waals surface area (Å²) in [5.74, 6) is 1.39. The van der Waals surface area contributed by atoms with Crippen molar-refractivity contribution in [3.8, 4) is 0 Å². The second kappa shape index (κ2) is 7.27. The highest BCUT2D eigenvalue weighted by Crippen LogP contribution is 2.30. The number of rotatable bonds is 4. The van der Waals surface area contributed by atoms with Crippen LogP contribution in [0.5, 0.6) is 0 Å². The summed E-state index contributed by atoms with van der Waals surface area (Å²) < 4.78 is 0. The summed E-state index contributed by atoms with van der Waals surface area (Å²) in [4.78, 5) is 28.8. The molecule has 4 rings (SSSR count). The lowest BCUT2D eigenvalue weighted by Gasteiger charge is -2.32. The molecule has 0 spiro atoms. The Morgan fingerprint density at radius 1 is 0.962 bits per heavy atom. The molecule has 0 aliphatic carbocycles. The number of piperidine rings is 1. The summed E-state index contributed by atoms with van der Waals surface area (Å²) >= 11 is 0. The van der Waals surface area contributed by atoms with E-state index in [2.05, 4.69) is 30.8 Å². The third-order valence-electron chi connectivity index (χ3n) is 5.34. The topological polar surface area (TPSA) is 82.5 Å². The summed E-state index contributed by atoms with van der Waals surface area (Å²) in [6, 6.07) is 5.56. The van der Waals surface area contributed by atoms with Crippen LogP contribution >= 0.6 is 0 Å². The quantitative estimate of drug-likeness (QED) is 0.904. The van der Waals surface area contributed by atoms with Crippen molar-refractivity contribution in [2.75, 3.05) is 36.0 Å². The summed E-state index contributed by atoms with van der Waals surface area (Å²) in [5, 5.41) is 8.98. The Morgan fingerprint density at radius 3 is 2.35 bits per heavy atom. The maximum Gasteiger partial charge on any atom is 0.337 e. The molecule has 4 heterocycles. The van der Waals surface area contributed by atoms with Gasteiger partial charge in [0.1, 0.15) is 18.0 Å². The highest BCUT2D eigenvalue weighted by atomic mass is 16.4. The highest BCUT2D eigenvalue weighted by Gasteiger charge is 2.24. The van der Waals surface area contributed by atoms with Crippen molar-refractivity contribution in [2.45, 2.75) is 31.6 Å². The molecule has 136 valence electrons. The van der Waals surface area contributed by atoms with Crippen LogP contribution < -0.4 is 9.80 Å². The van der Waals surface area contributed by atoms with Crippen LogP contribution in [0.15, 0.2) is 30.7 Å². The molecule has 2 aliphatic rings. The molecule has 2 aromatic heterocycles. The zero-order valence-electron chi connectivity index (χ0n) is 14.7. The van der Waals surface area contributed by atoms with Gasteiger partial charge in [-0.15, -0.1) is 0 Å². The van der Waals surface area contributed by atoms with Crippen LogP contribution in [0, 0.1) is 0 Å². The van der Waals surface area contributed by atoms with Crippen molar-refractivity contribution in [3.05, 3.63) is 42.0 Å². The third kappa shape index (κ3) is 3.47. The molecule has 0 radical (unpaired) electrons. The molecule has 0 atom stereocenters. The Morgan fingerprint density at radius 2 is 1.69 bits per heavy atom. The van der Waals surface area contributed by atoms with Crippen LogP contribution in [0.3, 0.4) is 0 Å². The van der Waals surface area contributed by atoms with Crippen molar-refractivity contribution in [2.24, 2.45) is 0 Å². The van der Waals surface area contributed by atoms with Gasteiger partial charge in [-0.3, -0.25) is 0 Å². The zero-order valence-corrected chi connectivity index (χ0v) is 14.7. The first kappa shape index (κ1) is 16.8. The van der Waals surface area contributed by atoms with Crippen LogP contribution in [0.25, 0.3) is 0 Å². The highest BCUT2D eigenvalue weighted by molar-refractivity contribution is 5.87. The molecule has 7 heteroatoms. The van der Waals surface area contributed by atoms with E-state index in [0.29, 0.717) is 5.92 Å². The predicted octanol–water partition coefficient (Wildman–Crippen LogP) is 2.55. The Bertz CT molecular complexity index is 766. The number of hydrogen-bond donors (Lipinski definition) is 1. The van der Waals surface area contributed by atoms with E-state index in [-0.39, 0.29) is 5.56 Å². The standard InChI is InChI=1S/C19H23N5O2/c25-19(26)15-3-4-17(20-12-15)24-9-5-14(6-10-24)16-11-18(22-13-21-16)23-7-1-2-8-23/h3-4,11-14H,1-2,5-10H2,(H,25,26). The first-order chi connectivity index (χ1) is 12.7. The van der Waals surface area contributed by atoms with Crippen molar-refractivity contribution in [1.82, 2.24) is 15.0 Å². The number of carbonyl (C=O) groups is 1. The van der Waals surface area contributed by atoms with E-state index >= 15 is 0 Å². The Kier molecular flexibility index (Phi) is 4.69. The largest absolute Gasteiger partial charge is 0.478 e. The molecule has 0 aromatic carbocycles. The molecule has 2 aromatic rings. The number of aromatic carboxylic acids is 1. The van der Waals surface area contributed by atoms with Crippen molar-refractivity contribution < 1.29 is 9.90 Å². The summed E-state index contributed by atoms with van der Waals surface area (Å²) in [6.07, 6.45) is 7.63. The number of hydrogen-bond acceptors (Lipinski definition) is 6. The monoisotopic (exact) mass is 353 g/mol. The molecule has 7 nitrogen and oxygen atoms in total. The number of nitrogens with zero attached hydrogens (tertiary/aromatic N) is 5. The minimum atomic E-state index is -0.944. The first-order valence-corrected chi connectivity index (χ1v) is 9.22. The lowest BCUT2D eigenvalue weighted by molar-refractivity contribution is 0.0696. The van der Waals surface area contributed by atoms with Gasteiger partial charge >= 0.3 is 5.97 Å². The predicted molar refractivity (Wildman–Crippen MR) is 98.9 cm³/mol. The number of pyridine rings is 1. The normalized spacial score (nSPS) is 18.3. The van der Waals surface area contributed by atoms with E-state index in [1.54, 1.807) is 18.5 Å². The van der Waals surface area contributed by atoms with Gasteiger partial charge in [-0.05, 0) is 37.8 Å². The van der Waals surface area contributed by atoms with Crippen LogP contribution in [0.2, 0.25) is 0 Å². The van der Waals surface area contributed by atoms with E-state index in [1.165, 1.54) is 19.0 Å². The average molecular weight is 353 g/mol. The smallest absolute Gasteiger partial charge is 0.337 e. The van der Waals surface area contributed by atoms with E-state index in [4.69, 9.17) is 5.11 Å². The summed E-state index contributed by atoms with van der Waals surface area (Å²) in [5.41, 5.74) is 1.36. The van der Waals surface area contributed by atoms with Gasteiger partial charge in [0.25, 0.3) is 0 Å². The van der Waals surface area contributed by atoms with Crippen LogP contribution in [0.4, 0.5) is 11.6 Å². The lowest BCUT2D eigenvalue weighted by atomic mass is 9.93. The van der Waals surface area contributed by atoms with Gasteiger partial charge in [-0.25, -0.2) is 19.7 Å². The van der Waals surface area contributed by atoms with Gasteiger partial charge in [0.2, 0.25) is 0 Å². The molecule has 2 fully saturated rings. The van der Waals surface area contributed by atoms with Crippen molar-refractivity contribution in [1.29, 1.82) is 0 Å². The van der Waals surface area contributed by atoms with Gasteiger partial charge in [0.15, 0.2) is 0 Å². The van der Waals surface area contributed by atoms with Crippen LogP contribution in [-0.2, 0) is 0 Å². The number of anilines is 2. The van der Waals surface area contributed by atoms with Crippen LogP contribution in [-0.4, -0.2) is 52.2 Å². The Balaban J connectivity index is 1.40. The first-order valence-electron chi connectivity index (χ1n) is 9.22. The molecular formula is C19H23N5O2. The SMILES string of the molecule is O=C(O)c1ccc(N2CCC(c3cc(N4CCCC4)ncn3)CC2)nc1. The molecule has 0 amide bonds. The van der Waals surface area contributed by atoms with Gasteiger partial charge in [0, 0.05) is 50.1 Å². The third-order valence-corrected chi connectivity index (χ3v) is 5.34. The van der Waals surface area contributed by atoms with Gasteiger partial charge < -0.3 is 14.9 Å². The number of aromatic nitrogens is 3. The molecule has 2 aliphatic heterocycles. The van der Waals surface area contributed by atoms with E-state index in [0.717, 1.165) is 56.4 Å². The van der Waals surface area contributed by atoms with Crippen molar-refractivity contribution >= 4 is 17.6 Å². The average Bonchev–Trinajstić information content (AvgIpc) is 3.23. The lowest BCUT2D eigenvalue weighted by Crippen LogP contribution is -2.33. The number of carboxylic acids is 1. The fourth-order valence-electron chi connectivity index (χ4n) is 3.81. The molecular weight excluding hydrogens is 330 g/mol. The molecule has 2 saturated heterocycles. The van der Waals surface area contributed by atoms with E-state index in [1.807, 2.05) is 0 Å². The Labute approximate surface area is 152 Å². The minimum Gasteiger partial charge on any atom is -0.478 e. The van der Waals surface area contributed by atoms with Gasteiger partial charge in [-0.2, -0.15) is 0 Å². The minimum absolute atomic E-state index is 0.221. The Hall–Kier alpha value is -2.70. The summed E-state index contributed by atoms with van der Waals surface area (Å²) in [6.45, 7) is 3.97. The van der Waals surface area contributed by atoms with E-state index in [9.17, 15) is 4.79 Å². The molecule has 0 saturated carbocycles. The second-order valence-corrected chi connectivity index (χ2v) is 6.97. The fraction of sp³-hybridized carbons (Fsp3) is 0.474. The maximum atomic E-state index is 10.9. The summed E-state index contributed by atoms with van der Waals surface area (Å²) in [7, 11) is 0. The van der Waals surface area contributed by atoms with Gasteiger partial charge in [0.05, 0.1) is 5.56 Å². The maximum absolute atomic E-state index is 10.9. The van der Waals surface area contributed by atoms with Crippen molar-refractivity contribution in [3.63, 3.8) is 0 Å². The molecule has 1 N–H and O–H groups in total. The van der Waals surface area contributed by atoms with E-state index < -0.39 is 5.97 Å². The van der Waals surface area contributed by atoms with Crippen LogP contribution in [0.1, 0.15) is 47.7 Å². The molecule has 0 unspecified atom stereocenters. The zero-order chi connectivity index (χ0) is 17.9. The number of carboxylic acid groups (broad SMARTS) is 1. The fourth-order valence-corrected chi connectivity index (χ4v) is 3.81. The van der Waals surface area contributed by atoms with Gasteiger partial charge in [-0.1, -0.05) is 0 Å². The molecule has 0 bridgehead atoms. The second-order valence-electron chi connectivity index (χ2n) is 6.97.